The number of nitro benzene ring substituents is 1. The minimum absolute atomic E-state index is 0.295. The monoisotopic (exact) mass is 235 g/mol. The number of phenols is 1. The van der Waals surface area contributed by atoms with Crippen LogP contribution in [0.1, 0.15) is 0 Å². The molecule has 1 aromatic rings. The quantitative estimate of drug-likeness (QED) is 0.600. The Balaban J connectivity index is 3.36. The Bertz CT molecular complexity index is 342. The highest BCUT2D eigenvalue weighted by atomic mass is 79.9. The van der Waals surface area contributed by atoms with Gasteiger partial charge in [0.05, 0.1) is 4.92 Å². The van der Waals surface area contributed by atoms with Crippen LogP contribution in [-0.2, 0) is 0 Å². The second kappa shape index (κ2) is 3.06. The van der Waals surface area contributed by atoms with Gasteiger partial charge >= 0.3 is 5.69 Å². The highest BCUT2D eigenvalue weighted by Crippen LogP contribution is 2.35. The minimum Gasteiger partial charge on any atom is -0.501 e. The molecule has 0 aromatic heterocycles. The van der Waals surface area contributed by atoms with Gasteiger partial charge in [0.2, 0.25) is 5.75 Å². The molecule has 1 rings (SSSR count). The molecule has 1 N–H and O–H groups in total. The molecule has 0 radical (unpaired) electrons. The largest absolute Gasteiger partial charge is 0.501 e. The lowest BCUT2D eigenvalue weighted by Crippen LogP contribution is -1.90. The molecule has 12 heavy (non-hydrogen) atoms. The number of benzene rings is 1. The summed E-state index contributed by atoms with van der Waals surface area (Å²) in [6.07, 6.45) is 0. The van der Waals surface area contributed by atoms with Crippen molar-refractivity contribution in [2.45, 2.75) is 0 Å². The summed E-state index contributed by atoms with van der Waals surface area (Å²) >= 11 is 2.67. The Morgan fingerprint density at radius 1 is 1.58 bits per heavy atom. The third kappa shape index (κ3) is 1.38. The second-order valence-corrected chi connectivity index (χ2v) is 2.78. The van der Waals surface area contributed by atoms with Crippen LogP contribution in [0.5, 0.6) is 5.75 Å². The molecule has 0 fully saturated rings. The van der Waals surface area contributed by atoms with Crippen molar-refractivity contribution in [2.24, 2.45) is 0 Å². The van der Waals surface area contributed by atoms with Crippen LogP contribution >= 0.6 is 15.9 Å². The van der Waals surface area contributed by atoms with Gasteiger partial charge in [-0.25, -0.2) is 4.39 Å². The van der Waals surface area contributed by atoms with Crippen molar-refractivity contribution in [1.29, 1.82) is 0 Å². The van der Waals surface area contributed by atoms with E-state index in [2.05, 4.69) is 15.9 Å². The zero-order chi connectivity index (χ0) is 9.30. The fourth-order valence-electron chi connectivity index (χ4n) is 0.677. The Kier molecular flexibility index (Phi) is 2.27. The maximum absolute atomic E-state index is 12.6. The van der Waals surface area contributed by atoms with Gasteiger partial charge in [0.25, 0.3) is 0 Å². The standard InChI is InChI=1S/C6H3BrFNO3/c7-5-3(8)1-2-4(6(5)10)9(11)12/h1-2,10H. The molecule has 0 saturated heterocycles. The summed E-state index contributed by atoms with van der Waals surface area (Å²) in [5.41, 5.74) is -0.525. The van der Waals surface area contributed by atoms with Crippen LogP contribution in [0.2, 0.25) is 0 Å². The number of hydrogen-bond donors (Lipinski definition) is 1. The third-order valence-corrected chi connectivity index (χ3v) is 2.00. The van der Waals surface area contributed by atoms with Gasteiger partial charge in [-0.15, -0.1) is 0 Å². The smallest absolute Gasteiger partial charge is 0.312 e. The summed E-state index contributed by atoms with van der Waals surface area (Å²) in [6, 6.07) is 1.80. The summed E-state index contributed by atoms with van der Waals surface area (Å²) in [5.74, 6) is -1.43. The Morgan fingerprint density at radius 3 is 2.67 bits per heavy atom. The van der Waals surface area contributed by atoms with Gasteiger partial charge in [-0.2, -0.15) is 0 Å². The first-order chi connectivity index (χ1) is 5.54. The zero-order valence-corrected chi connectivity index (χ0v) is 7.21. The Hall–Kier alpha value is -1.17. The predicted octanol–water partition coefficient (Wildman–Crippen LogP) is 2.20. The number of nitrogens with zero attached hydrogens (tertiary/aromatic N) is 1. The van der Waals surface area contributed by atoms with E-state index in [-0.39, 0.29) is 4.47 Å². The van der Waals surface area contributed by atoms with E-state index in [4.69, 9.17) is 5.11 Å². The van der Waals surface area contributed by atoms with E-state index in [1.54, 1.807) is 0 Å². The van der Waals surface area contributed by atoms with Gasteiger partial charge in [0.15, 0.2) is 0 Å². The topological polar surface area (TPSA) is 63.4 Å². The van der Waals surface area contributed by atoms with Gasteiger partial charge in [0, 0.05) is 6.07 Å². The number of phenolic OH excluding ortho intramolecular Hbond substituents is 1. The number of rotatable bonds is 1. The summed E-state index contributed by atoms with van der Waals surface area (Å²) < 4.78 is 12.3. The van der Waals surface area contributed by atoms with Crippen LogP contribution in [0.4, 0.5) is 10.1 Å². The van der Waals surface area contributed by atoms with Gasteiger partial charge in [-0.3, -0.25) is 10.1 Å². The van der Waals surface area contributed by atoms with Crippen molar-refractivity contribution in [1.82, 2.24) is 0 Å². The first-order valence-corrected chi connectivity index (χ1v) is 3.64. The maximum Gasteiger partial charge on any atom is 0.312 e. The van der Waals surface area contributed by atoms with Gasteiger partial charge in [-0.1, -0.05) is 0 Å². The van der Waals surface area contributed by atoms with Crippen LogP contribution in [0.15, 0.2) is 16.6 Å². The molecule has 0 atom stereocenters. The summed E-state index contributed by atoms with van der Waals surface area (Å²) in [6.45, 7) is 0. The van der Waals surface area contributed by atoms with Crippen molar-refractivity contribution in [3.8, 4) is 5.75 Å². The average Bonchev–Trinajstić information content (AvgIpc) is 2.00. The molecule has 0 aliphatic rings. The number of halogens is 2. The van der Waals surface area contributed by atoms with Crippen molar-refractivity contribution in [2.75, 3.05) is 0 Å². The first kappa shape index (κ1) is 8.92. The molecule has 6 heteroatoms. The molecular formula is C6H3BrFNO3. The Morgan fingerprint density at radius 2 is 2.17 bits per heavy atom. The number of hydrogen-bond acceptors (Lipinski definition) is 3. The summed E-state index contributed by atoms with van der Waals surface area (Å²) in [4.78, 5) is 9.40. The molecule has 0 heterocycles. The second-order valence-electron chi connectivity index (χ2n) is 1.99. The fraction of sp³-hybridized carbons (Fsp3) is 0. The van der Waals surface area contributed by atoms with Crippen LogP contribution in [0.3, 0.4) is 0 Å². The van der Waals surface area contributed by atoms with Gasteiger partial charge in [-0.05, 0) is 22.0 Å². The van der Waals surface area contributed by atoms with E-state index >= 15 is 0 Å². The van der Waals surface area contributed by atoms with E-state index in [0.29, 0.717) is 0 Å². The molecule has 1 aromatic carbocycles. The van der Waals surface area contributed by atoms with E-state index in [1.807, 2.05) is 0 Å². The fourth-order valence-corrected chi connectivity index (χ4v) is 1.01. The van der Waals surface area contributed by atoms with Crippen LogP contribution < -0.4 is 0 Å². The molecule has 4 nitrogen and oxygen atoms in total. The molecule has 0 spiro atoms. The Labute approximate surface area is 74.9 Å². The van der Waals surface area contributed by atoms with E-state index in [1.165, 1.54) is 0 Å². The summed E-state index contributed by atoms with van der Waals surface area (Å²) in [7, 11) is 0. The molecule has 64 valence electrons. The molecule has 0 bridgehead atoms. The highest BCUT2D eigenvalue weighted by Gasteiger charge is 2.18. The van der Waals surface area contributed by atoms with E-state index in [9.17, 15) is 14.5 Å². The minimum atomic E-state index is -0.792. The molecule has 0 amide bonds. The van der Waals surface area contributed by atoms with Crippen LogP contribution in [0.25, 0.3) is 0 Å². The molecule has 0 saturated carbocycles. The first-order valence-electron chi connectivity index (χ1n) is 2.85. The van der Waals surface area contributed by atoms with Crippen molar-refractivity contribution in [3.63, 3.8) is 0 Å². The van der Waals surface area contributed by atoms with Crippen molar-refractivity contribution < 1.29 is 14.4 Å². The lowest BCUT2D eigenvalue weighted by atomic mass is 10.3. The predicted molar refractivity (Wildman–Crippen MR) is 42.4 cm³/mol. The van der Waals surface area contributed by atoms with E-state index in [0.717, 1.165) is 12.1 Å². The van der Waals surface area contributed by atoms with Gasteiger partial charge < -0.3 is 5.11 Å². The third-order valence-electron chi connectivity index (χ3n) is 1.24. The molecular weight excluding hydrogens is 233 g/mol. The van der Waals surface area contributed by atoms with Crippen molar-refractivity contribution in [3.05, 3.63) is 32.5 Å². The highest BCUT2D eigenvalue weighted by molar-refractivity contribution is 9.10. The maximum atomic E-state index is 12.6. The normalized spacial score (nSPS) is 9.83. The van der Waals surface area contributed by atoms with Crippen LogP contribution in [0, 0.1) is 15.9 Å². The van der Waals surface area contributed by atoms with E-state index < -0.39 is 22.2 Å². The van der Waals surface area contributed by atoms with Crippen molar-refractivity contribution >= 4 is 21.6 Å². The lowest BCUT2D eigenvalue weighted by Gasteiger charge is -1.98. The lowest BCUT2D eigenvalue weighted by molar-refractivity contribution is -0.386. The number of nitro groups is 1. The molecule has 0 aliphatic carbocycles. The zero-order valence-electron chi connectivity index (χ0n) is 5.62. The number of aromatic hydroxyl groups is 1. The molecule has 0 unspecified atom stereocenters. The van der Waals surface area contributed by atoms with Crippen LogP contribution in [-0.4, -0.2) is 10.0 Å². The molecule has 0 aliphatic heterocycles. The SMILES string of the molecule is O=[N+]([O-])c1ccc(F)c(Br)c1O. The van der Waals surface area contributed by atoms with Gasteiger partial charge in [0.1, 0.15) is 10.3 Å². The average molecular weight is 236 g/mol. The summed E-state index contributed by atoms with van der Waals surface area (Å²) in [5, 5.41) is 19.2.